The van der Waals surface area contributed by atoms with Gasteiger partial charge in [-0.25, -0.2) is 4.68 Å². The zero-order chi connectivity index (χ0) is 17.5. The first-order chi connectivity index (χ1) is 12.8. The summed E-state index contributed by atoms with van der Waals surface area (Å²) in [6.45, 7) is 0.389. The topological polar surface area (TPSA) is 81.4 Å². The molecular formula is C18H16N6OS. The van der Waals surface area contributed by atoms with E-state index in [-0.39, 0.29) is 5.56 Å². The first-order valence-electron chi connectivity index (χ1n) is 8.47. The number of fused-ring (bicyclic) bond motifs is 1. The van der Waals surface area contributed by atoms with E-state index in [2.05, 4.69) is 20.4 Å². The molecule has 3 heterocycles. The molecule has 3 aromatic heterocycles. The molecule has 0 radical (unpaired) electrons. The highest BCUT2D eigenvalue weighted by Gasteiger charge is 2.24. The number of benzene rings is 1. The summed E-state index contributed by atoms with van der Waals surface area (Å²) in [5.74, 6) is 0. The summed E-state index contributed by atoms with van der Waals surface area (Å²) in [5, 5.41) is 17.1. The van der Waals surface area contributed by atoms with Crippen molar-refractivity contribution in [1.29, 1.82) is 0 Å². The summed E-state index contributed by atoms with van der Waals surface area (Å²) in [6, 6.07) is 8.29. The number of H-pyrrole nitrogens is 1. The van der Waals surface area contributed by atoms with Crippen LogP contribution < -0.4 is 5.56 Å². The molecule has 130 valence electrons. The summed E-state index contributed by atoms with van der Waals surface area (Å²) >= 11 is 1.59. The summed E-state index contributed by atoms with van der Waals surface area (Å²) in [6.07, 6.45) is 9.72. The van der Waals surface area contributed by atoms with Crippen molar-refractivity contribution in [2.24, 2.45) is 0 Å². The maximum Gasteiger partial charge on any atom is 0.274 e. The van der Waals surface area contributed by atoms with Crippen molar-refractivity contribution < 1.29 is 0 Å². The first kappa shape index (κ1) is 15.4. The second-order valence-corrected chi connectivity index (χ2v) is 7.56. The number of nitrogens with one attached hydrogen (secondary N) is 1. The number of aromatic amines is 1. The van der Waals surface area contributed by atoms with Gasteiger partial charge in [-0.1, -0.05) is 11.8 Å². The van der Waals surface area contributed by atoms with Crippen molar-refractivity contribution in [3.8, 4) is 0 Å². The van der Waals surface area contributed by atoms with Gasteiger partial charge in [0, 0.05) is 27.6 Å². The smallest absolute Gasteiger partial charge is 0.274 e. The fourth-order valence-electron chi connectivity index (χ4n) is 2.93. The zero-order valence-electron chi connectivity index (χ0n) is 13.9. The van der Waals surface area contributed by atoms with E-state index in [1.807, 2.05) is 41.3 Å². The standard InChI is InChI=1S/C18H16N6OS/c25-18-17-4-3-15(26-16-9-19-20-10-16)7-12(17)8-21-24(18)11-13-5-6-23(22-13)14-1-2-14/h3-10,14H,1-2,11H2,(H,19,20). The molecule has 8 heteroatoms. The molecule has 26 heavy (non-hydrogen) atoms. The number of nitrogens with zero attached hydrogens (tertiary/aromatic N) is 5. The van der Waals surface area contributed by atoms with Crippen LogP contribution in [0.2, 0.25) is 0 Å². The monoisotopic (exact) mass is 364 g/mol. The Labute approximate surface area is 153 Å². The highest BCUT2D eigenvalue weighted by molar-refractivity contribution is 7.99. The highest BCUT2D eigenvalue weighted by Crippen LogP contribution is 2.34. The summed E-state index contributed by atoms with van der Waals surface area (Å²) in [7, 11) is 0. The van der Waals surface area contributed by atoms with Gasteiger partial charge in [0.15, 0.2) is 0 Å². The largest absolute Gasteiger partial charge is 0.285 e. The maximum atomic E-state index is 12.8. The molecule has 0 aliphatic heterocycles. The van der Waals surface area contributed by atoms with Crippen LogP contribution in [0, 0.1) is 0 Å². The summed E-state index contributed by atoms with van der Waals surface area (Å²) in [5.41, 5.74) is 0.765. The lowest BCUT2D eigenvalue weighted by Gasteiger charge is -2.06. The third kappa shape index (κ3) is 2.92. The van der Waals surface area contributed by atoms with Gasteiger partial charge in [-0.05, 0) is 37.1 Å². The number of hydrogen-bond acceptors (Lipinski definition) is 5. The predicted octanol–water partition coefficient (Wildman–Crippen LogP) is 2.85. The lowest BCUT2D eigenvalue weighted by molar-refractivity contribution is 0.593. The van der Waals surface area contributed by atoms with Crippen molar-refractivity contribution in [3.05, 3.63) is 65.1 Å². The number of hydrogen-bond donors (Lipinski definition) is 1. The van der Waals surface area contributed by atoms with Crippen molar-refractivity contribution in [3.63, 3.8) is 0 Å². The van der Waals surface area contributed by atoms with Crippen LogP contribution in [0.1, 0.15) is 24.6 Å². The van der Waals surface area contributed by atoms with E-state index in [4.69, 9.17) is 0 Å². The molecule has 0 unspecified atom stereocenters. The molecule has 0 bridgehead atoms. The van der Waals surface area contributed by atoms with Gasteiger partial charge in [-0.15, -0.1) is 0 Å². The second kappa shape index (κ2) is 6.14. The Morgan fingerprint density at radius 2 is 2.12 bits per heavy atom. The van der Waals surface area contributed by atoms with Crippen LogP contribution in [0.4, 0.5) is 0 Å². The lowest BCUT2D eigenvalue weighted by Crippen LogP contribution is -2.23. The molecule has 7 nitrogen and oxygen atoms in total. The molecule has 0 amide bonds. The lowest BCUT2D eigenvalue weighted by atomic mass is 10.2. The van der Waals surface area contributed by atoms with Gasteiger partial charge < -0.3 is 0 Å². The van der Waals surface area contributed by atoms with E-state index in [1.54, 1.807) is 24.2 Å². The Morgan fingerprint density at radius 1 is 1.19 bits per heavy atom. The van der Waals surface area contributed by atoms with E-state index < -0.39 is 0 Å². The van der Waals surface area contributed by atoms with Crippen LogP contribution in [-0.4, -0.2) is 29.8 Å². The summed E-state index contributed by atoms with van der Waals surface area (Å²) < 4.78 is 3.46. The Morgan fingerprint density at radius 3 is 2.92 bits per heavy atom. The molecule has 0 atom stereocenters. The SMILES string of the molecule is O=c1c2ccc(Sc3cn[nH]c3)cc2cnn1Cc1ccn(C2CC2)n1. The third-order valence-corrected chi connectivity index (χ3v) is 5.38. The van der Waals surface area contributed by atoms with Gasteiger partial charge in [0.2, 0.25) is 0 Å². The van der Waals surface area contributed by atoms with Crippen LogP contribution in [0.25, 0.3) is 10.8 Å². The molecule has 1 aromatic carbocycles. The molecule has 1 saturated carbocycles. The van der Waals surface area contributed by atoms with Crippen LogP contribution in [-0.2, 0) is 6.54 Å². The van der Waals surface area contributed by atoms with Gasteiger partial charge in [-0.3, -0.25) is 14.6 Å². The Balaban J connectivity index is 1.43. The molecule has 1 fully saturated rings. The van der Waals surface area contributed by atoms with Gasteiger partial charge in [0.25, 0.3) is 5.56 Å². The maximum absolute atomic E-state index is 12.8. The molecule has 0 spiro atoms. The summed E-state index contributed by atoms with van der Waals surface area (Å²) in [4.78, 5) is 14.8. The molecule has 0 saturated heterocycles. The van der Waals surface area contributed by atoms with Gasteiger partial charge in [0.1, 0.15) is 0 Å². The van der Waals surface area contributed by atoms with Crippen LogP contribution in [0.15, 0.2) is 63.6 Å². The Kier molecular flexibility index (Phi) is 3.63. The third-order valence-electron chi connectivity index (χ3n) is 4.43. The van der Waals surface area contributed by atoms with E-state index in [0.717, 1.165) is 20.9 Å². The van der Waals surface area contributed by atoms with E-state index >= 15 is 0 Å². The molecule has 1 aliphatic rings. The molecule has 1 aliphatic carbocycles. The van der Waals surface area contributed by atoms with Gasteiger partial charge >= 0.3 is 0 Å². The molecule has 1 N–H and O–H groups in total. The number of aromatic nitrogens is 6. The second-order valence-electron chi connectivity index (χ2n) is 6.41. The Bertz CT molecular complexity index is 1130. The fraction of sp³-hybridized carbons (Fsp3) is 0.222. The molecule has 4 aromatic rings. The quantitative estimate of drug-likeness (QED) is 0.589. The molecule has 5 rings (SSSR count). The number of rotatable bonds is 5. The minimum absolute atomic E-state index is 0.0941. The molecular weight excluding hydrogens is 348 g/mol. The van der Waals surface area contributed by atoms with E-state index in [1.165, 1.54) is 17.5 Å². The average Bonchev–Trinajstić information content (AvgIpc) is 3.17. The van der Waals surface area contributed by atoms with Crippen molar-refractivity contribution in [2.45, 2.75) is 35.2 Å². The highest BCUT2D eigenvalue weighted by atomic mass is 32.2. The Hall–Kier alpha value is -2.87. The minimum Gasteiger partial charge on any atom is -0.285 e. The van der Waals surface area contributed by atoms with Crippen molar-refractivity contribution >= 4 is 22.5 Å². The normalized spacial score (nSPS) is 14.2. The first-order valence-corrected chi connectivity index (χ1v) is 9.28. The van der Waals surface area contributed by atoms with Gasteiger partial charge in [-0.2, -0.15) is 15.3 Å². The van der Waals surface area contributed by atoms with Crippen LogP contribution >= 0.6 is 11.8 Å². The van der Waals surface area contributed by atoms with Crippen LogP contribution in [0.5, 0.6) is 0 Å². The van der Waals surface area contributed by atoms with Crippen molar-refractivity contribution in [1.82, 2.24) is 29.8 Å². The van der Waals surface area contributed by atoms with Gasteiger partial charge in [0.05, 0.1) is 36.1 Å². The van der Waals surface area contributed by atoms with Crippen molar-refractivity contribution in [2.75, 3.05) is 0 Å². The minimum atomic E-state index is -0.0941. The average molecular weight is 364 g/mol. The fourth-order valence-corrected chi connectivity index (χ4v) is 3.74. The van der Waals surface area contributed by atoms with E-state index in [0.29, 0.717) is 18.0 Å². The van der Waals surface area contributed by atoms with Crippen LogP contribution in [0.3, 0.4) is 0 Å². The zero-order valence-corrected chi connectivity index (χ0v) is 14.7. The predicted molar refractivity (Wildman–Crippen MR) is 98.3 cm³/mol. The van der Waals surface area contributed by atoms with E-state index in [9.17, 15) is 4.79 Å².